The van der Waals surface area contributed by atoms with Crippen molar-refractivity contribution in [1.82, 2.24) is 19.2 Å². The van der Waals surface area contributed by atoms with Crippen LogP contribution in [0.5, 0.6) is 0 Å². The van der Waals surface area contributed by atoms with Crippen LogP contribution in [0.15, 0.2) is 84.0 Å². The Morgan fingerprint density at radius 2 is 1.71 bits per heavy atom. The molecule has 0 aliphatic heterocycles. The molecule has 1 amide bonds. The Morgan fingerprint density at radius 1 is 1.00 bits per heavy atom. The van der Waals surface area contributed by atoms with E-state index in [1.165, 1.54) is 24.0 Å². The highest BCUT2D eigenvalue weighted by atomic mass is 32.2. The van der Waals surface area contributed by atoms with E-state index in [2.05, 4.69) is 22.4 Å². The summed E-state index contributed by atoms with van der Waals surface area (Å²) in [5.41, 5.74) is 3.51. The molecular weight excluding hydrogens is 460 g/mol. The van der Waals surface area contributed by atoms with Crippen molar-refractivity contribution < 1.29 is 13.2 Å². The number of amides is 1. The number of hydrogen-bond donors (Lipinski definition) is 1. The molecule has 182 valence electrons. The van der Waals surface area contributed by atoms with Gasteiger partial charge < -0.3 is 9.88 Å². The van der Waals surface area contributed by atoms with E-state index in [1.54, 1.807) is 36.7 Å². The Bertz CT molecular complexity index is 1420. The number of carbonyl (C=O) groups is 1. The van der Waals surface area contributed by atoms with Crippen LogP contribution in [0.3, 0.4) is 0 Å². The molecule has 0 radical (unpaired) electrons. The SMILES string of the molecule is CC(CCc1ccccc1)NC(=O)c1cc2cc(S(=O)(=O)N(C)C)ccc2n1Cc1ccncc1. The Balaban J connectivity index is 1.64. The first-order chi connectivity index (χ1) is 16.8. The average molecular weight is 491 g/mol. The number of nitrogens with one attached hydrogen (secondary N) is 1. The van der Waals surface area contributed by atoms with E-state index in [4.69, 9.17) is 0 Å². The van der Waals surface area contributed by atoms with Crippen LogP contribution in [0.2, 0.25) is 0 Å². The van der Waals surface area contributed by atoms with Gasteiger partial charge in [0, 0.05) is 50.0 Å². The van der Waals surface area contributed by atoms with Crippen molar-refractivity contribution in [2.45, 2.75) is 37.2 Å². The zero-order chi connectivity index (χ0) is 25.0. The first-order valence-corrected chi connectivity index (χ1v) is 13.0. The topological polar surface area (TPSA) is 84.3 Å². The highest BCUT2D eigenvalue weighted by Gasteiger charge is 2.21. The number of aromatic nitrogens is 2. The van der Waals surface area contributed by atoms with Crippen LogP contribution in [0, 0.1) is 0 Å². The van der Waals surface area contributed by atoms with Gasteiger partial charge >= 0.3 is 0 Å². The van der Waals surface area contributed by atoms with E-state index >= 15 is 0 Å². The van der Waals surface area contributed by atoms with Crippen molar-refractivity contribution in [1.29, 1.82) is 0 Å². The standard InChI is InChI=1S/C27H30N4O3S/c1-20(9-10-21-7-5-4-6-8-21)29-27(32)26-18-23-17-24(35(33,34)30(2)3)11-12-25(23)31(26)19-22-13-15-28-16-14-22/h4-8,11-18,20H,9-10,19H2,1-3H3,(H,29,32). The van der Waals surface area contributed by atoms with Gasteiger partial charge in [0.15, 0.2) is 0 Å². The second-order valence-corrected chi connectivity index (χ2v) is 11.0. The van der Waals surface area contributed by atoms with E-state index < -0.39 is 10.0 Å². The van der Waals surface area contributed by atoms with Crippen LogP contribution in [-0.2, 0) is 23.0 Å². The third-order valence-corrected chi connectivity index (χ3v) is 7.87. The number of hydrogen-bond acceptors (Lipinski definition) is 4. The number of fused-ring (bicyclic) bond motifs is 1. The Morgan fingerprint density at radius 3 is 2.40 bits per heavy atom. The van der Waals surface area contributed by atoms with Gasteiger partial charge in [-0.2, -0.15) is 0 Å². The molecular formula is C27H30N4O3S. The number of aryl methyl sites for hydroxylation is 1. The van der Waals surface area contributed by atoms with E-state index in [9.17, 15) is 13.2 Å². The van der Waals surface area contributed by atoms with Gasteiger partial charge in [-0.05, 0) is 67.3 Å². The summed E-state index contributed by atoms with van der Waals surface area (Å²) in [5.74, 6) is -0.187. The van der Waals surface area contributed by atoms with Crippen molar-refractivity contribution in [3.05, 3.63) is 95.9 Å². The molecule has 2 aromatic carbocycles. The minimum Gasteiger partial charge on any atom is -0.348 e. The number of rotatable bonds is 9. The second-order valence-electron chi connectivity index (χ2n) is 8.88. The van der Waals surface area contributed by atoms with Crippen LogP contribution in [0.25, 0.3) is 10.9 Å². The third kappa shape index (κ3) is 5.61. The molecule has 4 rings (SSSR count). The molecule has 35 heavy (non-hydrogen) atoms. The van der Waals surface area contributed by atoms with Crippen LogP contribution in [0.4, 0.5) is 0 Å². The summed E-state index contributed by atoms with van der Waals surface area (Å²) in [4.78, 5) is 17.6. The normalized spacial score (nSPS) is 12.7. The van der Waals surface area contributed by atoms with Crippen LogP contribution in [-0.4, -0.2) is 48.3 Å². The predicted octanol–water partition coefficient (Wildman–Crippen LogP) is 4.09. The maximum Gasteiger partial charge on any atom is 0.268 e. The number of sulfonamides is 1. The largest absolute Gasteiger partial charge is 0.348 e. The van der Waals surface area contributed by atoms with E-state index in [0.29, 0.717) is 17.6 Å². The molecule has 1 N–H and O–H groups in total. The summed E-state index contributed by atoms with van der Waals surface area (Å²) in [6, 6.07) is 20.7. The monoisotopic (exact) mass is 490 g/mol. The second kappa shape index (κ2) is 10.4. The maximum atomic E-state index is 13.4. The third-order valence-electron chi connectivity index (χ3n) is 6.06. The van der Waals surface area contributed by atoms with Gasteiger partial charge in [-0.3, -0.25) is 9.78 Å². The first kappa shape index (κ1) is 24.6. The van der Waals surface area contributed by atoms with Crippen LogP contribution >= 0.6 is 0 Å². The summed E-state index contributed by atoms with van der Waals surface area (Å²) in [6.07, 6.45) is 5.11. The lowest BCUT2D eigenvalue weighted by atomic mass is 10.1. The lowest BCUT2D eigenvalue weighted by Gasteiger charge is -2.16. The minimum absolute atomic E-state index is 0.0280. The van der Waals surface area contributed by atoms with Gasteiger partial charge in [0.1, 0.15) is 5.69 Å². The summed E-state index contributed by atoms with van der Waals surface area (Å²) in [7, 11) is -0.581. The first-order valence-electron chi connectivity index (χ1n) is 11.5. The van der Waals surface area contributed by atoms with Gasteiger partial charge in [0.05, 0.1) is 4.90 Å². The summed E-state index contributed by atoms with van der Waals surface area (Å²) < 4.78 is 28.4. The Hall–Kier alpha value is -3.49. The van der Waals surface area contributed by atoms with Crippen molar-refractivity contribution in [3.8, 4) is 0 Å². The molecule has 1 atom stereocenters. The van der Waals surface area contributed by atoms with Crippen molar-refractivity contribution >= 4 is 26.8 Å². The van der Waals surface area contributed by atoms with E-state index in [0.717, 1.165) is 23.9 Å². The molecule has 0 aliphatic carbocycles. The predicted molar refractivity (Wildman–Crippen MR) is 138 cm³/mol. The zero-order valence-electron chi connectivity index (χ0n) is 20.2. The molecule has 0 saturated heterocycles. The molecule has 1 unspecified atom stereocenters. The summed E-state index contributed by atoms with van der Waals surface area (Å²) in [5, 5.41) is 3.82. The highest BCUT2D eigenvalue weighted by Crippen LogP contribution is 2.26. The fraction of sp³-hybridized carbons (Fsp3) is 0.259. The summed E-state index contributed by atoms with van der Waals surface area (Å²) in [6.45, 7) is 2.46. The average Bonchev–Trinajstić information content (AvgIpc) is 3.21. The smallest absolute Gasteiger partial charge is 0.268 e. The van der Waals surface area contributed by atoms with Crippen molar-refractivity contribution in [2.75, 3.05) is 14.1 Å². The molecule has 4 aromatic rings. The summed E-state index contributed by atoms with van der Waals surface area (Å²) >= 11 is 0. The van der Waals surface area contributed by atoms with E-state index in [1.807, 2.05) is 41.8 Å². The molecule has 0 aliphatic rings. The van der Waals surface area contributed by atoms with Crippen LogP contribution in [0.1, 0.15) is 35.0 Å². The van der Waals surface area contributed by atoms with Crippen molar-refractivity contribution in [2.24, 2.45) is 0 Å². The van der Waals surface area contributed by atoms with Crippen LogP contribution < -0.4 is 5.32 Å². The molecule has 2 aromatic heterocycles. The minimum atomic E-state index is -3.59. The quantitative estimate of drug-likeness (QED) is 0.383. The van der Waals surface area contributed by atoms with Gasteiger partial charge in [0.2, 0.25) is 10.0 Å². The number of nitrogens with zero attached hydrogens (tertiary/aromatic N) is 3. The molecule has 2 heterocycles. The molecule has 0 spiro atoms. The number of pyridine rings is 1. The molecule has 0 fully saturated rings. The lowest BCUT2D eigenvalue weighted by molar-refractivity contribution is 0.0930. The van der Waals surface area contributed by atoms with E-state index in [-0.39, 0.29) is 16.8 Å². The fourth-order valence-electron chi connectivity index (χ4n) is 4.05. The van der Waals surface area contributed by atoms with Gasteiger partial charge in [-0.25, -0.2) is 12.7 Å². The lowest BCUT2D eigenvalue weighted by Crippen LogP contribution is -2.34. The number of carbonyl (C=O) groups excluding carboxylic acids is 1. The van der Waals surface area contributed by atoms with Gasteiger partial charge in [-0.1, -0.05) is 30.3 Å². The molecule has 7 nitrogen and oxygen atoms in total. The molecule has 0 bridgehead atoms. The highest BCUT2D eigenvalue weighted by molar-refractivity contribution is 7.89. The Labute approximate surface area is 206 Å². The van der Waals surface area contributed by atoms with Crippen molar-refractivity contribution in [3.63, 3.8) is 0 Å². The molecule has 8 heteroatoms. The maximum absolute atomic E-state index is 13.4. The molecule has 0 saturated carbocycles. The van der Waals surface area contributed by atoms with Gasteiger partial charge in [0.25, 0.3) is 5.91 Å². The van der Waals surface area contributed by atoms with Gasteiger partial charge in [-0.15, -0.1) is 0 Å². The fourth-order valence-corrected chi connectivity index (χ4v) is 4.98. The Kier molecular flexibility index (Phi) is 7.33. The number of benzene rings is 2. The zero-order valence-corrected chi connectivity index (χ0v) is 21.0.